The first kappa shape index (κ1) is 31.3. The minimum Gasteiger partial charge on any atom is -0.508 e. The summed E-state index contributed by atoms with van der Waals surface area (Å²) in [7, 11) is 0. The number of benzene rings is 2. The molecule has 0 radical (unpaired) electrons. The highest BCUT2D eigenvalue weighted by Gasteiger charge is 2.21. The van der Waals surface area contributed by atoms with E-state index in [-0.39, 0.29) is 30.4 Å². The van der Waals surface area contributed by atoms with Gasteiger partial charge in [-0.05, 0) is 55.2 Å². The van der Waals surface area contributed by atoms with Gasteiger partial charge in [-0.25, -0.2) is 0 Å². The van der Waals surface area contributed by atoms with Crippen LogP contribution in [-0.2, 0) is 27.3 Å². The monoisotopic (exact) mass is 512 g/mol. The summed E-state index contributed by atoms with van der Waals surface area (Å²) in [5.41, 5.74) is 7.61. The molecule has 202 valence electrons. The number of nitrogens with two attached hydrogens (primary N) is 1. The number of aromatic hydroxyl groups is 1. The molecule has 6 N–H and O–H groups in total. The van der Waals surface area contributed by atoms with Gasteiger partial charge < -0.3 is 31.6 Å². The molecular weight excluding hydrogens is 472 g/mol. The summed E-state index contributed by atoms with van der Waals surface area (Å²) in [5.74, 6) is -1.01. The lowest BCUT2D eigenvalue weighted by molar-refractivity contribution is -0.128. The van der Waals surface area contributed by atoms with Crippen LogP contribution in [-0.4, -0.2) is 47.7 Å². The number of Topliss-reactive ketones (excluding diaryl/α,β-unsaturated/α-hetero) is 1. The molecule has 0 spiro atoms. The smallest absolute Gasteiger partial charge is 0.251 e. The maximum atomic E-state index is 12.8. The largest absolute Gasteiger partial charge is 0.508 e. The van der Waals surface area contributed by atoms with Gasteiger partial charge in [-0.2, -0.15) is 0 Å². The highest BCUT2D eigenvalue weighted by molar-refractivity contribution is 5.97. The maximum Gasteiger partial charge on any atom is 0.251 e. The molecule has 0 bridgehead atoms. The predicted octanol–water partition coefficient (Wildman–Crippen LogP) is 2.60. The van der Waals surface area contributed by atoms with Gasteiger partial charge in [0.05, 0.1) is 6.54 Å². The zero-order valence-electron chi connectivity index (χ0n) is 22.0. The molecule has 2 aromatic carbocycles. The van der Waals surface area contributed by atoms with Crippen molar-refractivity contribution in [1.82, 2.24) is 16.0 Å². The number of nitrogens with one attached hydrogen (secondary N) is 3. The van der Waals surface area contributed by atoms with E-state index in [0.29, 0.717) is 25.1 Å². The minimum atomic E-state index is -0.856. The number of ketones is 1. The minimum absolute atomic E-state index is 0.103. The molecule has 0 saturated heterocycles. The first-order valence-electron chi connectivity index (χ1n) is 12.7. The molecule has 2 rings (SSSR count). The molecule has 1 atom stereocenters. The van der Waals surface area contributed by atoms with E-state index in [2.05, 4.69) is 16.0 Å². The van der Waals surface area contributed by atoms with Crippen LogP contribution < -0.4 is 21.7 Å². The van der Waals surface area contributed by atoms with Crippen molar-refractivity contribution >= 4 is 23.5 Å². The molecule has 0 aliphatic rings. The van der Waals surface area contributed by atoms with Gasteiger partial charge in [0.2, 0.25) is 11.8 Å². The molecule has 2 aromatic rings. The molecule has 0 unspecified atom stereocenters. The molecule has 0 aromatic heterocycles. The highest BCUT2D eigenvalue weighted by Crippen LogP contribution is 2.12. The zero-order chi connectivity index (χ0) is 27.6. The van der Waals surface area contributed by atoms with E-state index in [1.165, 1.54) is 12.1 Å². The number of hydrogen-bond acceptors (Lipinski definition) is 6. The van der Waals surface area contributed by atoms with Gasteiger partial charge in [0.1, 0.15) is 17.6 Å². The van der Waals surface area contributed by atoms with E-state index >= 15 is 0 Å². The van der Waals surface area contributed by atoms with Crippen LogP contribution in [0.5, 0.6) is 5.75 Å². The van der Waals surface area contributed by atoms with Crippen LogP contribution >= 0.6 is 0 Å². The van der Waals surface area contributed by atoms with E-state index < -0.39 is 17.9 Å². The first-order valence-corrected chi connectivity index (χ1v) is 12.7. The SMILES string of the molecule is CC.CC(=O)CCCCCNC(=O)[C@H](Cc1ccc(O)cc1)NC(=O)CNC(=O)c1ccc(CN)cc1. The van der Waals surface area contributed by atoms with Crippen molar-refractivity contribution in [1.29, 1.82) is 0 Å². The number of rotatable bonds is 14. The fourth-order valence-corrected chi connectivity index (χ4v) is 3.39. The van der Waals surface area contributed by atoms with Gasteiger partial charge in [-0.1, -0.05) is 44.5 Å². The molecule has 0 fully saturated rings. The molecule has 0 aliphatic carbocycles. The molecular formula is C28H40N4O5. The van der Waals surface area contributed by atoms with E-state index in [4.69, 9.17) is 5.73 Å². The summed E-state index contributed by atoms with van der Waals surface area (Å²) in [6.45, 7) is 6.06. The van der Waals surface area contributed by atoms with E-state index in [1.807, 2.05) is 13.8 Å². The zero-order valence-corrected chi connectivity index (χ0v) is 22.0. The first-order chi connectivity index (χ1) is 17.8. The molecule has 0 heterocycles. The van der Waals surface area contributed by atoms with Crippen LogP contribution in [0.2, 0.25) is 0 Å². The number of carbonyl (C=O) groups excluding carboxylic acids is 4. The van der Waals surface area contributed by atoms with Gasteiger partial charge in [0, 0.05) is 31.5 Å². The fourth-order valence-electron chi connectivity index (χ4n) is 3.39. The van der Waals surface area contributed by atoms with E-state index in [0.717, 1.165) is 30.4 Å². The maximum absolute atomic E-state index is 12.8. The van der Waals surface area contributed by atoms with Gasteiger partial charge in [-0.15, -0.1) is 0 Å². The molecule has 3 amide bonds. The third kappa shape index (κ3) is 12.7. The Kier molecular flexibility index (Phi) is 15.0. The van der Waals surface area contributed by atoms with Gasteiger partial charge in [0.25, 0.3) is 5.91 Å². The van der Waals surface area contributed by atoms with E-state index in [9.17, 15) is 24.3 Å². The highest BCUT2D eigenvalue weighted by atomic mass is 16.3. The predicted molar refractivity (Wildman–Crippen MR) is 144 cm³/mol. The molecule has 0 aliphatic heterocycles. The number of hydrogen-bond donors (Lipinski definition) is 5. The van der Waals surface area contributed by atoms with Crippen LogP contribution in [0.3, 0.4) is 0 Å². The Morgan fingerprint density at radius 3 is 2.08 bits per heavy atom. The summed E-state index contributed by atoms with van der Waals surface area (Å²) in [6.07, 6.45) is 3.05. The second-order valence-corrected chi connectivity index (χ2v) is 8.38. The quantitative estimate of drug-likeness (QED) is 0.246. The van der Waals surface area contributed by atoms with Crippen molar-refractivity contribution < 1.29 is 24.3 Å². The Bertz CT molecular complexity index is 991. The van der Waals surface area contributed by atoms with Gasteiger partial charge in [-0.3, -0.25) is 14.4 Å². The van der Waals surface area contributed by atoms with Crippen molar-refractivity contribution in [3.05, 3.63) is 65.2 Å². The standard InChI is InChI=1S/C26H34N4O5.C2H6/c1-18(31)5-3-2-4-14-28-26(35)23(15-19-8-12-22(32)13-9-19)30-24(33)17-29-25(34)21-10-6-20(16-27)7-11-21;1-2/h6-13,23,32H,2-5,14-17,27H2,1H3,(H,28,35)(H,29,34)(H,30,33);1-2H3/t23-;/m0./s1. The van der Waals surface area contributed by atoms with Crippen LogP contribution in [0, 0.1) is 0 Å². The Morgan fingerprint density at radius 2 is 1.49 bits per heavy atom. The topological polar surface area (TPSA) is 151 Å². The van der Waals surface area contributed by atoms with Crippen molar-refractivity contribution in [2.24, 2.45) is 5.73 Å². The fraction of sp³-hybridized carbons (Fsp3) is 0.429. The summed E-state index contributed by atoms with van der Waals surface area (Å²) >= 11 is 0. The molecule has 37 heavy (non-hydrogen) atoms. The molecule has 9 nitrogen and oxygen atoms in total. The summed E-state index contributed by atoms with van der Waals surface area (Å²) in [5, 5.41) is 17.6. The Labute approximate surface area is 219 Å². The number of phenolic OH excluding ortho intramolecular Hbond substituents is 1. The average molecular weight is 513 g/mol. The van der Waals surface area contributed by atoms with Crippen molar-refractivity contribution in [3.63, 3.8) is 0 Å². The van der Waals surface area contributed by atoms with Crippen molar-refractivity contribution in [2.45, 2.75) is 65.5 Å². The third-order valence-electron chi connectivity index (χ3n) is 5.39. The Balaban J connectivity index is 0.00000334. The van der Waals surface area contributed by atoms with Gasteiger partial charge >= 0.3 is 0 Å². The summed E-state index contributed by atoms with van der Waals surface area (Å²) < 4.78 is 0. The number of carbonyl (C=O) groups is 4. The second-order valence-electron chi connectivity index (χ2n) is 8.38. The van der Waals surface area contributed by atoms with Crippen molar-refractivity contribution in [3.8, 4) is 5.75 Å². The van der Waals surface area contributed by atoms with Crippen LogP contribution in [0.1, 0.15) is 67.9 Å². The van der Waals surface area contributed by atoms with Crippen LogP contribution in [0.4, 0.5) is 0 Å². The second kappa shape index (κ2) is 17.7. The van der Waals surface area contributed by atoms with E-state index in [1.54, 1.807) is 43.3 Å². The molecule has 0 saturated carbocycles. The third-order valence-corrected chi connectivity index (χ3v) is 5.39. The summed E-state index contributed by atoms with van der Waals surface area (Å²) in [6, 6.07) is 12.3. The normalized spacial score (nSPS) is 10.9. The van der Waals surface area contributed by atoms with Gasteiger partial charge in [0.15, 0.2) is 0 Å². The number of unbranched alkanes of at least 4 members (excludes halogenated alkanes) is 2. The average Bonchev–Trinajstić information content (AvgIpc) is 2.91. The van der Waals surface area contributed by atoms with Crippen LogP contribution in [0.15, 0.2) is 48.5 Å². The lowest BCUT2D eigenvalue weighted by Crippen LogP contribution is -2.50. The van der Waals surface area contributed by atoms with Crippen LogP contribution in [0.25, 0.3) is 0 Å². The Morgan fingerprint density at radius 1 is 0.865 bits per heavy atom. The number of phenols is 1. The lowest BCUT2D eigenvalue weighted by atomic mass is 10.0. The number of amides is 3. The van der Waals surface area contributed by atoms with Crippen molar-refractivity contribution in [2.75, 3.05) is 13.1 Å². The Hall–Kier alpha value is -3.72. The summed E-state index contributed by atoms with van der Waals surface area (Å²) in [4.78, 5) is 48.6. The molecule has 9 heteroatoms. The lowest BCUT2D eigenvalue weighted by Gasteiger charge is -2.19.